The van der Waals surface area contributed by atoms with Crippen molar-refractivity contribution in [2.45, 2.75) is 31.7 Å². The van der Waals surface area contributed by atoms with Crippen molar-refractivity contribution >= 4 is 0 Å². The van der Waals surface area contributed by atoms with Gasteiger partial charge in [0.25, 0.3) is 0 Å². The van der Waals surface area contributed by atoms with E-state index in [-0.39, 0.29) is 0 Å². The fourth-order valence-electron chi connectivity index (χ4n) is 2.47. The molecule has 0 radical (unpaired) electrons. The maximum atomic E-state index is 9.18. The molecule has 0 heterocycles. The van der Waals surface area contributed by atoms with Crippen LogP contribution in [0, 0.1) is 17.2 Å². The number of nitriles is 1. The average Bonchev–Trinajstić information content (AvgIpc) is 2.46. The molecule has 1 aliphatic carbocycles. The van der Waals surface area contributed by atoms with Crippen LogP contribution in [0.1, 0.15) is 31.2 Å². The molecule has 102 valence electrons. The van der Waals surface area contributed by atoms with Crippen LogP contribution in [0.5, 0.6) is 11.5 Å². The minimum absolute atomic E-state index is 0.350. The highest BCUT2D eigenvalue weighted by Gasteiger charge is 2.19. The van der Waals surface area contributed by atoms with Gasteiger partial charge in [0.2, 0.25) is 0 Å². The molecule has 19 heavy (non-hydrogen) atoms. The maximum absolute atomic E-state index is 9.18. The molecule has 0 bridgehead atoms. The Hall–Kier alpha value is -1.73. The van der Waals surface area contributed by atoms with Crippen LogP contribution in [0.25, 0.3) is 0 Å². The lowest BCUT2D eigenvalue weighted by Crippen LogP contribution is -2.28. The highest BCUT2D eigenvalue weighted by Crippen LogP contribution is 2.29. The molecule has 0 aromatic heterocycles. The molecule has 0 saturated heterocycles. The summed E-state index contributed by atoms with van der Waals surface area (Å²) in [6.07, 6.45) is 4.34. The molecule has 2 N–H and O–H groups in total. The SMILES string of the molecule is COc1cccc(OCC2CCC(N)CC2)c1C#N. The van der Waals surface area contributed by atoms with E-state index < -0.39 is 0 Å². The molecule has 0 spiro atoms. The Morgan fingerprint density at radius 1 is 1.26 bits per heavy atom. The van der Waals surface area contributed by atoms with E-state index in [1.165, 1.54) is 0 Å². The predicted octanol–water partition coefficient (Wildman–Crippen LogP) is 2.46. The van der Waals surface area contributed by atoms with Gasteiger partial charge >= 0.3 is 0 Å². The zero-order chi connectivity index (χ0) is 13.7. The Morgan fingerprint density at radius 2 is 1.95 bits per heavy atom. The van der Waals surface area contributed by atoms with Gasteiger partial charge in [-0.25, -0.2) is 0 Å². The zero-order valence-corrected chi connectivity index (χ0v) is 11.3. The van der Waals surface area contributed by atoms with Crippen molar-refractivity contribution in [1.82, 2.24) is 0 Å². The minimum atomic E-state index is 0.350. The molecule has 1 fully saturated rings. The number of nitrogens with zero attached hydrogens (tertiary/aromatic N) is 1. The Kier molecular flexibility index (Phi) is 4.64. The Balaban J connectivity index is 1.98. The van der Waals surface area contributed by atoms with E-state index in [0.717, 1.165) is 25.7 Å². The summed E-state index contributed by atoms with van der Waals surface area (Å²) in [5.74, 6) is 1.71. The van der Waals surface area contributed by atoms with E-state index in [1.54, 1.807) is 13.2 Å². The molecule has 4 nitrogen and oxygen atoms in total. The van der Waals surface area contributed by atoms with Crippen molar-refractivity contribution in [3.8, 4) is 17.6 Å². The first kappa shape index (κ1) is 13.7. The Labute approximate surface area is 114 Å². The Morgan fingerprint density at radius 3 is 2.58 bits per heavy atom. The molecule has 1 aromatic carbocycles. The zero-order valence-electron chi connectivity index (χ0n) is 11.3. The highest BCUT2D eigenvalue weighted by molar-refractivity contribution is 5.52. The second-order valence-corrected chi connectivity index (χ2v) is 5.04. The number of benzene rings is 1. The van der Waals surface area contributed by atoms with Gasteiger partial charge in [-0.3, -0.25) is 0 Å². The summed E-state index contributed by atoms with van der Waals surface area (Å²) in [7, 11) is 1.56. The van der Waals surface area contributed by atoms with Gasteiger partial charge < -0.3 is 15.2 Å². The van der Waals surface area contributed by atoms with Gasteiger partial charge in [0.15, 0.2) is 0 Å². The maximum Gasteiger partial charge on any atom is 0.140 e. The van der Waals surface area contributed by atoms with Crippen LogP contribution in [0.4, 0.5) is 0 Å². The number of hydrogen-bond donors (Lipinski definition) is 1. The van der Waals surface area contributed by atoms with E-state index in [1.807, 2.05) is 12.1 Å². The largest absolute Gasteiger partial charge is 0.495 e. The molecule has 2 rings (SSSR count). The lowest BCUT2D eigenvalue weighted by atomic mass is 9.87. The van der Waals surface area contributed by atoms with Crippen LogP contribution in [0.2, 0.25) is 0 Å². The second-order valence-electron chi connectivity index (χ2n) is 5.04. The monoisotopic (exact) mass is 260 g/mol. The standard InChI is InChI=1S/C15H20N2O2/c1-18-14-3-2-4-15(13(14)9-16)19-10-11-5-7-12(17)8-6-11/h2-4,11-12H,5-8,10,17H2,1H3. The summed E-state index contributed by atoms with van der Waals surface area (Å²) < 4.78 is 11.0. The summed E-state index contributed by atoms with van der Waals surface area (Å²) in [6.45, 7) is 0.647. The average molecular weight is 260 g/mol. The van der Waals surface area contributed by atoms with Crippen LogP contribution in [-0.2, 0) is 0 Å². The van der Waals surface area contributed by atoms with Gasteiger partial charge in [0.05, 0.1) is 13.7 Å². The van der Waals surface area contributed by atoms with Crippen LogP contribution < -0.4 is 15.2 Å². The molecule has 1 aromatic rings. The van der Waals surface area contributed by atoms with E-state index >= 15 is 0 Å². The summed E-state index contributed by atoms with van der Waals surface area (Å²) in [5, 5.41) is 9.18. The first-order valence-electron chi connectivity index (χ1n) is 6.70. The smallest absolute Gasteiger partial charge is 0.140 e. The summed E-state index contributed by atoms with van der Waals surface area (Å²) in [6, 6.07) is 7.91. The number of methoxy groups -OCH3 is 1. The molecule has 0 unspecified atom stereocenters. The fourth-order valence-corrected chi connectivity index (χ4v) is 2.47. The summed E-state index contributed by atoms with van der Waals surface area (Å²) in [5.41, 5.74) is 6.36. The van der Waals surface area contributed by atoms with Crippen LogP contribution in [-0.4, -0.2) is 19.8 Å². The first-order valence-corrected chi connectivity index (χ1v) is 6.70. The van der Waals surface area contributed by atoms with Crippen molar-refractivity contribution in [1.29, 1.82) is 5.26 Å². The molecule has 0 aliphatic heterocycles. The second kappa shape index (κ2) is 6.44. The van der Waals surface area contributed by atoms with Crippen molar-refractivity contribution in [3.05, 3.63) is 23.8 Å². The third kappa shape index (κ3) is 3.39. The van der Waals surface area contributed by atoms with Gasteiger partial charge in [-0.05, 0) is 43.7 Å². The molecule has 4 heteroatoms. The Bertz CT molecular complexity index is 460. The molecule has 1 saturated carbocycles. The molecular formula is C15H20N2O2. The highest BCUT2D eigenvalue weighted by atomic mass is 16.5. The fraction of sp³-hybridized carbons (Fsp3) is 0.533. The van der Waals surface area contributed by atoms with Crippen LogP contribution >= 0.6 is 0 Å². The van der Waals surface area contributed by atoms with E-state index in [4.69, 9.17) is 15.2 Å². The normalized spacial score (nSPS) is 22.6. The van der Waals surface area contributed by atoms with Gasteiger partial charge in [-0.15, -0.1) is 0 Å². The summed E-state index contributed by atoms with van der Waals surface area (Å²) in [4.78, 5) is 0. The first-order chi connectivity index (χ1) is 9.24. The number of rotatable bonds is 4. The lowest BCUT2D eigenvalue weighted by molar-refractivity contribution is 0.199. The van der Waals surface area contributed by atoms with E-state index in [0.29, 0.717) is 35.6 Å². The number of hydrogen-bond acceptors (Lipinski definition) is 4. The van der Waals surface area contributed by atoms with Crippen molar-refractivity contribution < 1.29 is 9.47 Å². The minimum Gasteiger partial charge on any atom is -0.495 e. The molecule has 0 amide bonds. The third-order valence-electron chi connectivity index (χ3n) is 3.69. The van der Waals surface area contributed by atoms with Crippen LogP contribution in [0.15, 0.2) is 18.2 Å². The quantitative estimate of drug-likeness (QED) is 0.903. The number of ether oxygens (including phenoxy) is 2. The van der Waals surface area contributed by atoms with E-state index in [2.05, 4.69) is 6.07 Å². The van der Waals surface area contributed by atoms with Gasteiger partial charge in [-0.2, -0.15) is 5.26 Å². The van der Waals surface area contributed by atoms with E-state index in [9.17, 15) is 5.26 Å². The molecule has 0 atom stereocenters. The lowest BCUT2D eigenvalue weighted by Gasteiger charge is -2.26. The van der Waals surface area contributed by atoms with Gasteiger partial charge in [0, 0.05) is 6.04 Å². The van der Waals surface area contributed by atoms with Crippen molar-refractivity contribution in [3.63, 3.8) is 0 Å². The van der Waals surface area contributed by atoms with Gasteiger partial charge in [-0.1, -0.05) is 6.07 Å². The van der Waals surface area contributed by atoms with Crippen molar-refractivity contribution in [2.24, 2.45) is 11.7 Å². The molecule has 1 aliphatic rings. The third-order valence-corrected chi connectivity index (χ3v) is 3.69. The topological polar surface area (TPSA) is 68.3 Å². The van der Waals surface area contributed by atoms with Gasteiger partial charge in [0.1, 0.15) is 23.1 Å². The predicted molar refractivity (Wildman–Crippen MR) is 73.1 cm³/mol. The summed E-state index contributed by atoms with van der Waals surface area (Å²) >= 11 is 0. The van der Waals surface area contributed by atoms with Crippen LogP contribution in [0.3, 0.4) is 0 Å². The number of nitrogens with two attached hydrogens (primary N) is 1. The molecular weight excluding hydrogens is 240 g/mol. The van der Waals surface area contributed by atoms with Crippen molar-refractivity contribution in [2.75, 3.05) is 13.7 Å².